The number of rotatable bonds is 46. The highest BCUT2D eigenvalue weighted by molar-refractivity contribution is 5.72. The van der Waals surface area contributed by atoms with Gasteiger partial charge in [0.25, 0.3) is 0 Å². The summed E-state index contributed by atoms with van der Waals surface area (Å²) in [7, 11) is 5.51. The molecule has 0 amide bonds. The molecule has 0 aliphatic heterocycles. The van der Waals surface area contributed by atoms with Crippen molar-refractivity contribution in [2.45, 2.75) is 199 Å². The van der Waals surface area contributed by atoms with E-state index >= 15 is 0 Å². The van der Waals surface area contributed by atoms with Crippen molar-refractivity contribution in [2.24, 2.45) is 0 Å². The Balaban J connectivity index is 4.33. The number of carbonyl (C=O) groups is 3. The predicted molar refractivity (Wildman–Crippen MR) is 289 cm³/mol. The number of likely N-dealkylation sites (N-methyl/N-ethyl adjacent to an activating group) is 1. The van der Waals surface area contributed by atoms with Crippen LogP contribution < -0.4 is 0 Å². The number of esters is 2. The molecule has 0 radical (unpaired) electrons. The van der Waals surface area contributed by atoms with Crippen molar-refractivity contribution in [3.05, 3.63) is 122 Å². The highest BCUT2D eigenvalue weighted by Gasteiger charge is 2.31. The maximum atomic E-state index is 12.8. The molecule has 0 aliphatic rings. The van der Waals surface area contributed by atoms with E-state index in [1.54, 1.807) is 0 Å². The van der Waals surface area contributed by atoms with Crippen LogP contribution in [0.5, 0.6) is 0 Å². The first-order valence-electron chi connectivity index (χ1n) is 26.6. The van der Waals surface area contributed by atoms with Crippen LogP contribution in [0.25, 0.3) is 0 Å². The molecule has 8 nitrogen and oxygen atoms in total. The first-order chi connectivity index (χ1) is 33.1. The summed E-state index contributed by atoms with van der Waals surface area (Å²) in [6, 6.07) is -0.630. The van der Waals surface area contributed by atoms with Crippen LogP contribution in [0.4, 0.5) is 0 Å². The largest absolute Gasteiger partial charge is 0.477 e. The molecule has 0 rings (SSSR count). The Morgan fingerprint density at radius 2 is 0.779 bits per heavy atom. The average molecular weight is 945 g/mol. The Morgan fingerprint density at radius 1 is 0.441 bits per heavy atom. The van der Waals surface area contributed by atoms with Crippen molar-refractivity contribution in [1.82, 2.24) is 0 Å². The zero-order chi connectivity index (χ0) is 49.9. The third-order valence-electron chi connectivity index (χ3n) is 11.1. The lowest BCUT2D eigenvalue weighted by Crippen LogP contribution is -2.50. The molecule has 8 heteroatoms. The van der Waals surface area contributed by atoms with Crippen molar-refractivity contribution in [2.75, 3.05) is 41.0 Å². The normalized spacial score (nSPS) is 13.8. The van der Waals surface area contributed by atoms with Crippen molar-refractivity contribution < 1.29 is 38.2 Å². The lowest BCUT2D eigenvalue weighted by molar-refractivity contribution is -0.887. The zero-order valence-electron chi connectivity index (χ0n) is 43.8. The van der Waals surface area contributed by atoms with E-state index in [-0.39, 0.29) is 36.2 Å². The number of carboxylic acids is 1. The second-order valence-electron chi connectivity index (χ2n) is 18.4. The topological polar surface area (TPSA) is 99.1 Å². The SMILES string of the molecule is CC/C=C/C/C=C/C/C=C/C/C=C/C/C=C/C/C=C/CCCCCC(=O)OCC(COCCC(C(=O)O)[N+](C)(C)C)OC(=O)CCCCCCCCCCC/C=C/C/C=C/C/C=C/C/C=C/CC. The van der Waals surface area contributed by atoms with Gasteiger partial charge < -0.3 is 23.8 Å². The number of carbonyl (C=O) groups excluding carboxylic acids is 2. The lowest BCUT2D eigenvalue weighted by atomic mass is 10.1. The number of nitrogens with zero attached hydrogens (tertiary/aromatic N) is 1. The van der Waals surface area contributed by atoms with Gasteiger partial charge in [-0.1, -0.05) is 187 Å². The summed E-state index contributed by atoms with van der Waals surface area (Å²) in [5.41, 5.74) is 0. The standard InChI is InChI=1S/C60H97NO7/c1-6-8-10-12-14-16-18-20-22-24-26-28-30-32-34-36-38-40-42-44-46-48-50-58(62)67-55-56(54-66-53-52-57(60(64)65)61(3,4)5)68-59(63)51-49-47-45-43-41-39-37-35-33-31-29-27-25-23-21-19-17-15-13-11-9-7-2/h8-11,14-17,20-23,26-29,32,34,38,40,56-57H,6-7,12-13,18-19,24-25,30-31,33,35-37,39,41-55H2,1-5H3/p+1/b10-8+,11-9+,16-14+,17-15+,22-20+,23-21+,28-26+,29-27+,34-32+,40-38+. The van der Waals surface area contributed by atoms with Gasteiger partial charge in [-0.25, -0.2) is 4.79 Å². The van der Waals surface area contributed by atoms with Gasteiger partial charge >= 0.3 is 17.9 Å². The van der Waals surface area contributed by atoms with E-state index < -0.39 is 18.1 Å². The molecule has 2 unspecified atom stereocenters. The zero-order valence-corrected chi connectivity index (χ0v) is 43.8. The second-order valence-corrected chi connectivity index (χ2v) is 18.4. The summed E-state index contributed by atoms with van der Waals surface area (Å²) in [6.07, 6.45) is 69.6. The molecular weight excluding hydrogens is 847 g/mol. The summed E-state index contributed by atoms with van der Waals surface area (Å²) < 4.78 is 17.3. The van der Waals surface area contributed by atoms with Crippen LogP contribution in [0, 0.1) is 0 Å². The predicted octanol–water partition coefficient (Wildman–Crippen LogP) is 15.8. The Labute approximate surface area is 416 Å². The van der Waals surface area contributed by atoms with Gasteiger partial charge in [0.1, 0.15) is 6.61 Å². The number of quaternary nitrogens is 1. The van der Waals surface area contributed by atoms with Crippen molar-refractivity contribution in [3.63, 3.8) is 0 Å². The van der Waals surface area contributed by atoms with Crippen LogP contribution in [0.3, 0.4) is 0 Å². The molecule has 0 saturated carbocycles. The van der Waals surface area contributed by atoms with Crippen LogP contribution in [0.15, 0.2) is 122 Å². The Hall–Kier alpha value is -4.27. The van der Waals surface area contributed by atoms with Crippen LogP contribution in [-0.2, 0) is 28.6 Å². The molecule has 0 saturated heterocycles. The number of ether oxygens (including phenoxy) is 3. The van der Waals surface area contributed by atoms with E-state index in [4.69, 9.17) is 14.2 Å². The Bertz CT molecular complexity index is 1520. The molecule has 0 aromatic heterocycles. The van der Waals surface area contributed by atoms with Crippen LogP contribution in [0.1, 0.15) is 187 Å². The summed E-state index contributed by atoms with van der Waals surface area (Å²) in [5.74, 6) is -1.53. The minimum Gasteiger partial charge on any atom is -0.477 e. The third-order valence-corrected chi connectivity index (χ3v) is 11.1. The van der Waals surface area contributed by atoms with Crippen LogP contribution >= 0.6 is 0 Å². The number of hydrogen-bond acceptors (Lipinski definition) is 6. The van der Waals surface area contributed by atoms with Gasteiger partial charge in [0, 0.05) is 19.3 Å². The fourth-order valence-electron chi connectivity index (χ4n) is 7.09. The fraction of sp³-hybridized carbons (Fsp3) is 0.617. The lowest BCUT2D eigenvalue weighted by Gasteiger charge is -2.31. The first-order valence-corrected chi connectivity index (χ1v) is 26.6. The number of hydrogen-bond donors (Lipinski definition) is 1. The molecule has 0 aromatic carbocycles. The van der Waals surface area contributed by atoms with Gasteiger partial charge in [0.15, 0.2) is 12.1 Å². The molecule has 68 heavy (non-hydrogen) atoms. The van der Waals surface area contributed by atoms with E-state index in [0.29, 0.717) is 19.3 Å². The van der Waals surface area contributed by atoms with E-state index in [1.807, 2.05) is 21.1 Å². The Kier molecular flexibility index (Phi) is 46.1. The molecule has 0 aliphatic carbocycles. The fourth-order valence-corrected chi connectivity index (χ4v) is 7.09. The molecule has 1 N–H and O–H groups in total. The van der Waals surface area contributed by atoms with Crippen molar-refractivity contribution in [3.8, 4) is 0 Å². The van der Waals surface area contributed by atoms with Gasteiger partial charge in [0.05, 0.1) is 34.4 Å². The first kappa shape index (κ1) is 63.7. The monoisotopic (exact) mass is 945 g/mol. The third kappa shape index (κ3) is 46.8. The highest BCUT2D eigenvalue weighted by Crippen LogP contribution is 2.14. The van der Waals surface area contributed by atoms with Gasteiger partial charge in [0.2, 0.25) is 0 Å². The second kappa shape index (κ2) is 49.2. The Morgan fingerprint density at radius 3 is 1.16 bits per heavy atom. The van der Waals surface area contributed by atoms with Crippen molar-refractivity contribution in [1.29, 1.82) is 0 Å². The quantitative estimate of drug-likeness (QED) is 0.0281. The van der Waals surface area contributed by atoms with Gasteiger partial charge in [-0.3, -0.25) is 9.59 Å². The molecule has 0 aromatic rings. The number of aliphatic carboxylic acids is 1. The van der Waals surface area contributed by atoms with Crippen LogP contribution in [-0.4, -0.2) is 80.6 Å². The average Bonchev–Trinajstić information content (AvgIpc) is 3.30. The summed E-state index contributed by atoms with van der Waals surface area (Å²) in [5, 5.41) is 9.67. The number of allylic oxidation sites excluding steroid dienone is 20. The molecule has 0 heterocycles. The molecule has 0 bridgehead atoms. The van der Waals surface area contributed by atoms with E-state index in [0.717, 1.165) is 116 Å². The van der Waals surface area contributed by atoms with Gasteiger partial charge in [-0.15, -0.1) is 0 Å². The summed E-state index contributed by atoms with van der Waals surface area (Å²) >= 11 is 0. The van der Waals surface area contributed by atoms with E-state index in [2.05, 4.69) is 135 Å². The van der Waals surface area contributed by atoms with E-state index in [1.165, 1.54) is 38.5 Å². The summed E-state index contributed by atoms with van der Waals surface area (Å²) in [6.45, 7) is 4.46. The maximum Gasteiger partial charge on any atom is 0.362 e. The summed E-state index contributed by atoms with van der Waals surface area (Å²) in [4.78, 5) is 37.2. The van der Waals surface area contributed by atoms with Gasteiger partial charge in [-0.2, -0.15) is 0 Å². The van der Waals surface area contributed by atoms with Crippen LogP contribution in [0.2, 0.25) is 0 Å². The molecule has 0 fully saturated rings. The molecule has 384 valence electrons. The molecule has 2 atom stereocenters. The number of unbranched alkanes of at least 4 members (excludes halogenated alkanes) is 12. The number of carboxylic acid groups (broad SMARTS) is 1. The molecule has 0 spiro atoms. The van der Waals surface area contributed by atoms with Crippen molar-refractivity contribution >= 4 is 17.9 Å². The van der Waals surface area contributed by atoms with Gasteiger partial charge in [-0.05, 0) is 103 Å². The maximum absolute atomic E-state index is 12.8. The minimum absolute atomic E-state index is 0.0396. The smallest absolute Gasteiger partial charge is 0.362 e. The molecular formula is C60H98NO7+. The minimum atomic E-state index is -0.885. The highest BCUT2D eigenvalue weighted by atomic mass is 16.6. The van der Waals surface area contributed by atoms with E-state index in [9.17, 15) is 19.5 Å².